The molecule has 0 aromatic heterocycles. The molecule has 0 aliphatic rings. The summed E-state index contributed by atoms with van der Waals surface area (Å²) in [4.78, 5) is 11.1. The first kappa shape index (κ1) is 20.8. The fourth-order valence-corrected chi connectivity index (χ4v) is 4.43. The average Bonchev–Trinajstić information content (AvgIpc) is 2.74. The molecule has 0 radical (unpaired) electrons. The highest BCUT2D eigenvalue weighted by Crippen LogP contribution is 2.22. The lowest BCUT2D eigenvalue weighted by Gasteiger charge is -2.23. The summed E-state index contributed by atoms with van der Waals surface area (Å²) in [6.07, 6.45) is 0.919. The lowest BCUT2D eigenvalue weighted by Crippen LogP contribution is -2.30. The molecule has 1 N–H and O–H groups in total. The second-order valence-corrected chi connectivity index (χ2v) is 8.70. The summed E-state index contributed by atoms with van der Waals surface area (Å²) in [5.74, 6) is -1.09. The fourth-order valence-electron chi connectivity index (χ4n) is 3.02. The van der Waals surface area contributed by atoms with Crippen molar-refractivity contribution in [1.29, 1.82) is 0 Å². The van der Waals surface area contributed by atoms with E-state index in [1.165, 1.54) is 34.1 Å². The van der Waals surface area contributed by atoms with Crippen LogP contribution in [0.25, 0.3) is 0 Å². The number of benzene rings is 3. The molecular formula is C23H23NO4S. The van der Waals surface area contributed by atoms with Crippen LogP contribution in [0, 0.1) is 0 Å². The summed E-state index contributed by atoms with van der Waals surface area (Å²) in [5.41, 5.74) is 3.01. The maximum atomic E-state index is 13.3. The predicted octanol–water partition coefficient (Wildman–Crippen LogP) is 4.34. The first-order chi connectivity index (χ1) is 13.9. The van der Waals surface area contributed by atoms with Crippen LogP contribution in [0.2, 0.25) is 0 Å². The van der Waals surface area contributed by atoms with E-state index in [-0.39, 0.29) is 23.5 Å². The number of sulfonamides is 1. The second-order valence-electron chi connectivity index (χ2n) is 6.76. The highest BCUT2D eigenvalue weighted by atomic mass is 32.2. The van der Waals surface area contributed by atoms with Gasteiger partial charge in [0.1, 0.15) is 0 Å². The van der Waals surface area contributed by atoms with E-state index in [0.29, 0.717) is 0 Å². The lowest BCUT2D eigenvalue weighted by molar-refractivity contribution is 0.0696. The minimum absolute atomic E-state index is 0.0497. The van der Waals surface area contributed by atoms with E-state index >= 15 is 0 Å². The van der Waals surface area contributed by atoms with Crippen molar-refractivity contribution in [2.75, 3.05) is 0 Å². The Labute approximate surface area is 171 Å². The van der Waals surface area contributed by atoms with Gasteiger partial charge in [0.15, 0.2) is 0 Å². The van der Waals surface area contributed by atoms with Crippen molar-refractivity contribution in [2.45, 2.75) is 31.3 Å². The van der Waals surface area contributed by atoms with Gasteiger partial charge in [0.2, 0.25) is 10.0 Å². The summed E-state index contributed by atoms with van der Waals surface area (Å²) in [6, 6.07) is 22.6. The van der Waals surface area contributed by atoms with Crippen LogP contribution in [0.3, 0.4) is 0 Å². The number of carboxylic acids is 1. The number of aromatic carboxylic acids is 1. The summed E-state index contributed by atoms with van der Waals surface area (Å²) in [7, 11) is -3.82. The van der Waals surface area contributed by atoms with Gasteiger partial charge in [-0.3, -0.25) is 0 Å². The van der Waals surface area contributed by atoms with E-state index in [2.05, 4.69) is 6.92 Å². The molecule has 0 saturated heterocycles. The zero-order valence-electron chi connectivity index (χ0n) is 16.2. The second kappa shape index (κ2) is 9.03. The number of nitrogens with zero attached hydrogens (tertiary/aromatic N) is 1. The Bertz CT molecular complexity index is 1060. The number of carbonyl (C=O) groups is 1. The summed E-state index contributed by atoms with van der Waals surface area (Å²) >= 11 is 0. The Morgan fingerprint density at radius 2 is 1.31 bits per heavy atom. The maximum absolute atomic E-state index is 13.3. The first-order valence-corrected chi connectivity index (χ1v) is 10.8. The van der Waals surface area contributed by atoms with Crippen molar-refractivity contribution in [3.8, 4) is 0 Å². The molecule has 0 bridgehead atoms. The molecule has 3 rings (SSSR count). The van der Waals surface area contributed by atoms with Gasteiger partial charge in [-0.1, -0.05) is 61.5 Å². The highest BCUT2D eigenvalue weighted by Gasteiger charge is 2.25. The number of aryl methyl sites for hydroxylation is 1. The lowest BCUT2D eigenvalue weighted by atomic mass is 10.1. The first-order valence-electron chi connectivity index (χ1n) is 9.35. The van der Waals surface area contributed by atoms with Gasteiger partial charge in [-0.15, -0.1) is 0 Å². The minimum Gasteiger partial charge on any atom is -0.478 e. The maximum Gasteiger partial charge on any atom is 0.335 e. The fraction of sp³-hybridized carbons (Fsp3) is 0.174. The molecule has 0 aliphatic carbocycles. The molecule has 0 unspecified atom stereocenters. The highest BCUT2D eigenvalue weighted by molar-refractivity contribution is 7.89. The monoisotopic (exact) mass is 409 g/mol. The average molecular weight is 410 g/mol. The van der Waals surface area contributed by atoms with E-state index in [4.69, 9.17) is 5.11 Å². The summed E-state index contributed by atoms with van der Waals surface area (Å²) < 4.78 is 28.1. The number of hydrogen-bond donors (Lipinski definition) is 1. The molecule has 0 aliphatic heterocycles. The van der Waals surface area contributed by atoms with Crippen LogP contribution in [0.15, 0.2) is 83.8 Å². The zero-order chi connectivity index (χ0) is 20.9. The van der Waals surface area contributed by atoms with Crippen LogP contribution >= 0.6 is 0 Å². The van der Waals surface area contributed by atoms with Crippen LogP contribution < -0.4 is 0 Å². The van der Waals surface area contributed by atoms with E-state index in [0.717, 1.165) is 17.5 Å². The molecule has 29 heavy (non-hydrogen) atoms. The predicted molar refractivity (Wildman–Crippen MR) is 112 cm³/mol. The van der Waals surface area contributed by atoms with Crippen molar-refractivity contribution in [3.05, 3.63) is 101 Å². The molecule has 150 valence electrons. The third-order valence-corrected chi connectivity index (χ3v) is 6.54. The Morgan fingerprint density at radius 3 is 1.83 bits per heavy atom. The molecule has 0 atom stereocenters. The molecule has 5 nitrogen and oxygen atoms in total. The van der Waals surface area contributed by atoms with Crippen molar-refractivity contribution < 1.29 is 18.3 Å². The van der Waals surface area contributed by atoms with Crippen molar-refractivity contribution >= 4 is 16.0 Å². The molecule has 0 fully saturated rings. The summed E-state index contributed by atoms with van der Waals surface area (Å²) in [5, 5.41) is 9.06. The third-order valence-electron chi connectivity index (χ3n) is 4.73. The third kappa shape index (κ3) is 5.10. The topological polar surface area (TPSA) is 74.7 Å². The van der Waals surface area contributed by atoms with E-state index in [9.17, 15) is 13.2 Å². The van der Waals surface area contributed by atoms with Crippen molar-refractivity contribution in [1.82, 2.24) is 4.31 Å². The van der Waals surface area contributed by atoms with Gasteiger partial charge in [-0.05, 0) is 47.4 Å². The van der Waals surface area contributed by atoms with Gasteiger partial charge < -0.3 is 5.11 Å². The summed E-state index contributed by atoms with van der Waals surface area (Å²) in [6.45, 7) is 2.52. The van der Waals surface area contributed by atoms with Crippen LogP contribution in [0.4, 0.5) is 0 Å². The Balaban J connectivity index is 1.94. The van der Waals surface area contributed by atoms with Crippen LogP contribution in [0.1, 0.15) is 34.0 Å². The van der Waals surface area contributed by atoms with Gasteiger partial charge in [-0.2, -0.15) is 4.31 Å². The van der Waals surface area contributed by atoms with E-state index in [1.807, 2.05) is 54.6 Å². The van der Waals surface area contributed by atoms with Gasteiger partial charge in [0, 0.05) is 13.1 Å². The van der Waals surface area contributed by atoms with Crippen LogP contribution in [-0.4, -0.2) is 23.8 Å². The Kier molecular flexibility index (Phi) is 6.46. The van der Waals surface area contributed by atoms with Crippen molar-refractivity contribution in [2.24, 2.45) is 0 Å². The van der Waals surface area contributed by atoms with Crippen molar-refractivity contribution in [3.63, 3.8) is 0 Å². The standard InChI is InChI=1S/C23H23NO4S/c1-2-18-8-10-20(11-9-18)17-24(16-19-6-4-3-5-7-19)29(27,28)22-14-12-21(13-15-22)23(25)26/h3-15H,2,16-17H2,1H3,(H,25,26). The molecule has 0 amide bonds. The smallest absolute Gasteiger partial charge is 0.335 e. The van der Waals surface area contributed by atoms with Gasteiger partial charge >= 0.3 is 5.97 Å². The molecule has 0 saturated carbocycles. The molecule has 3 aromatic carbocycles. The van der Waals surface area contributed by atoms with Gasteiger partial charge in [0.25, 0.3) is 0 Å². The quantitative estimate of drug-likeness (QED) is 0.601. The minimum atomic E-state index is -3.82. The largest absolute Gasteiger partial charge is 0.478 e. The zero-order valence-corrected chi connectivity index (χ0v) is 17.0. The molecule has 0 spiro atoms. The van der Waals surface area contributed by atoms with E-state index < -0.39 is 16.0 Å². The number of hydrogen-bond acceptors (Lipinski definition) is 3. The van der Waals surface area contributed by atoms with Gasteiger partial charge in [0.05, 0.1) is 10.5 Å². The molecule has 0 heterocycles. The normalized spacial score (nSPS) is 11.5. The van der Waals surface area contributed by atoms with Crippen LogP contribution in [-0.2, 0) is 29.5 Å². The Morgan fingerprint density at radius 1 is 0.793 bits per heavy atom. The number of rotatable bonds is 8. The molecule has 6 heteroatoms. The van der Waals surface area contributed by atoms with Crippen LogP contribution in [0.5, 0.6) is 0 Å². The Hall–Kier alpha value is -2.96. The van der Waals surface area contributed by atoms with E-state index in [1.54, 1.807) is 0 Å². The number of carboxylic acid groups (broad SMARTS) is 1. The molecular weight excluding hydrogens is 386 g/mol. The van der Waals surface area contributed by atoms with Gasteiger partial charge in [-0.25, -0.2) is 13.2 Å². The molecule has 3 aromatic rings. The SMILES string of the molecule is CCc1ccc(CN(Cc2ccccc2)S(=O)(=O)c2ccc(C(=O)O)cc2)cc1.